The van der Waals surface area contributed by atoms with Crippen LogP contribution in [0.25, 0.3) is 0 Å². The van der Waals surface area contributed by atoms with E-state index in [1.54, 1.807) is 0 Å². The van der Waals surface area contributed by atoms with E-state index in [2.05, 4.69) is 60.3 Å². The molecule has 0 saturated heterocycles. The van der Waals surface area contributed by atoms with Crippen LogP contribution in [-0.4, -0.2) is 0 Å². The Labute approximate surface area is 175 Å². The summed E-state index contributed by atoms with van der Waals surface area (Å²) in [5.41, 5.74) is 3.93. The molecule has 0 radical (unpaired) electrons. The molecule has 0 unspecified atom stereocenters. The highest BCUT2D eigenvalue weighted by Crippen LogP contribution is 2.73. The first-order valence-corrected chi connectivity index (χ1v) is 12.4. The minimum absolute atomic E-state index is 0.443. The van der Waals surface area contributed by atoms with Gasteiger partial charge >= 0.3 is 0 Å². The van der Waals surface area contributed by atoms with Crippen LogP contribution in [0.3, 0.4) is 0 Å². The van der Waals surface area contributed by atoms with Crippen LogP contribution < -0.4 is 0 Å². The zero-order valence-corrected chi connectivity index (χ0v) is 19.7. The molecule has 0 heteroatoms. The van der Waals surface area contributed by atoms with Crippen molar-refractivity contribution in [3.63, 3.8) is 0 Å². The lowest BCUT2D eigenvalue weighted by Gasteiger charge is -2.63. The third-order valence-corrected chi connectivity index (χ3v) is 11.2. The highest BCUT2D eigenvalue weighted by atomic mass is 14.7. The molecule has 0 aliphatic heterocycles. The maximum atomic E-state index is 3.97. The van der Waals surface area contributed by atoms with Crippen molar-refractivity contribution in [2.24, 2.45) is 45.3 Å². The Balaban J connectivity index is 1.68. The summed E-state index contributed by atoms with van der Waals surface area (Å²) in [7, 11) is 0. The second kappa shape index (κ2) is 6.75. The van der Waals surface area contributed by atoms with Gasteiger partial charge in [0.2, 0.25) is 0 Å². The predicted octanol–water partition coefficient (Wildman–Crippen LogP) is 8.58. The number of rotatable bonds is 4. The van der Waals surface area contributed by atoms with Gasteiger partial charge in [0, 0.05) is 0 Å². The van der Waals surface area contributed by atoms with Gasteiger partial charge in [0.25, 0.3) is 0 Å². The Bertz CT molecular complexity index is 653. The van der Waals surface area contributed by atoms with Gasteiger partial charge in [-0.15, -0.1) is 6.58 Å². The Morgan fingerprint density at radius 3 is 2.54 bits per heavy atom. The maximum absolute atomic E-state index is 3.97. The van der Waals surface area contributed by atoms with Crippen LogP contribution in [0.4, 0.5) is 0 Å². The number of hydrogen-bond donors (Lipinski definition) is 0. The molecule has 0 bridgehead atoms. The molecule has 0 nitrogen and oxygen atoms in total. The van der Waals surface area contributed by atoms with Gasteiger partial charge in [-0.05, 0) is 103 Å². The standard InChI is InChI=1S/C28H46/c1-8-9-11-20(2)21-14-18-28(7)23-12-13-24-25(3,4)16-10-17-26(24,5)22(23)15-19-27(21,28)6/h8,12,20-22,24H,1,9-11,13-19H2,2-7H3/t20-,21+,22+,24+,26-,27+,28-/m1/s1. The summed E-state index contributed by atoms with van der Waals surface area (Å²) in [6, 6.07) is 0. The van der Waals surface area contributed by atoms with Gasteiger partial charge in [0.15, 0.2) is 0 Å². The second-order valence-electron chi connectivity index (χ2n) is 12.6. The van der Waals surface area contributed by atoms with Crippen LogP contribution in [0.15, 0.2) is 24.3 Å². The SMILES string of the molecule is C=CCC[C@@H](C)[C@@H]1CC[C@]2(C)C3=CC[C@H]4C(C)(C)CCC[C@]4(C)[C@H]3CC[C@@]12C. The van der Waals surface area contributed by atoms with E-state index in [0.717, 1.165) is 23.7 Å². The largest absolute Gasteiger partial charge is 0.103 e. The number of allylic oxidation sites excluding steroid dienone is 3. The van der Waals surface area contributed by atoms with Gasteiger partial charge in [0.1, 0.15) is 0 Å². The van der Waals surface area contributed by atoms with Crippen molar-refractivity contribution in [1.82, 2.24) is 0 Å². The van der Waals surface area contributed by atoms with E-state index in [-0.39, 0.29) is 0 Å². The van der Waals surface area contributed by atoms with Crippen molar-refractivity contribution < 1.29 is 0 Å². The molecular weight excluding hydrogens is 336 g/mol. The summed E-state index contributed by atoms with van der Waals surface area (Å²) >= 11 is 0. The van der Waals surface area contributed by atoms with Crippen LogP contribution in [0.5, 0.6) is 0 Å². The molecule has 28 heavy (non-hydrogen) atoms. The average molecular weight is 383 g/mol. The summed E-state index contributed by atoms with van der Waals surface area (Å²) in [6.07, 6.45) is 18.9. The molecule has 3 saturated carbocycles. The monoisotopic (exact) mass is 382 g/mol. The number of fused-ring (bicyclic) bond motifs is 5. The topological polar surface area (TPSA) is 0 Å². The summed E-state index contributed by atoms with van der Waals surface area (Å²) < 4.78 is 0. The van der Waals surface area contributed by atoms with Crippen molar-refractivity contribution in [3.05, 3.63) is 24.3 Å². The minimum atomic E-state index is 0.443. The summed E-state index contributed by atoms with van der Waals surface area (Å²) in [5.74, 6) is 3.47. The fourth-order valence-electron chi connectivity index (χ4n) is 9.34. The Morgan fingerprint density at radius 2 is 1.82 bits per heavy atom. The molecule has 0 aromatic heterocycles. The fourth-order valence-corrected chi connectivity index (χ4v) is 9.34. The quantitative estimate of drug-likeness (QED) is 0.427. The van der Waals surface area contributed by atoms with Crippen molar-refractivity contribution in [3.8, 4) is 0 Å². The molecule has 0 heterocycles. The molecule has 0 spiro atoms. The molecule has 3 fully saturated rings. The smallest absolute Gasteiger partial charge is 0.00568 e. The molecule has 158 valence electrons. The lowest BCUT2D eigenvalue weighted by molar-refractivity contribution is -0.0798. The van der Waals surface area contributed by atoms with Crippen LogP contribution in [-0.2, 0) is 0 Å². The van der Waals surface area contributed by atoms with Gasteiger partial charge in [-0.2, -0.15) is 0 Å². The average Bonchev–Trinajstić information content (AvgIpc) is 2.91. The first kappa shape index (κ1) is 20.7. The summed E-state index contributed by atoms with van der Waals surface area (Å²) in [5, 5.41) is 0. The highest BCUT2D eigenvalue weighted by molar-refractivity contribution is 5.33. The van der Waals surface area contributed by atoms with E-state index in [9.17, 15) is 0 Å². The minimum Gasteiger partial charge on any atom is -0.103 e. The van der Waals surface area contributed by atoms with Crippen LogP contribution in [0, 0.1) is 45.3 Å². The van der Waals surface area contributed by atoms with E-state index < -0.39 is 0 Å². The van der Waals surface area contributed by atoms with E-state index in [0.29, 0.717) is 21.7 Å². The Hall–Kier alpha value is -0.520. The van der Waals surface area contributed by atoms with Gasteiger partial charge in [-0.1, -0.05) is 65.7 Å². The van der Waals surface area contributed by atoms with Crippen molar-refractivity contribution in [1.29, 1.82) is 0 Å². The van der Waals surface area contributed by atoms with Gasteiger partial charge < -0.3 is 0 Å². The molecule has 7 atom stereocenters. The summed E-state index contributed by atoms with van der Waals surface area (Å²) in [4.78, 5) is 0. The fraction of sp³-hybridized carbons (Fsp3) is 0.857. The van der Waals surface area contributed by atoms with Crippen molar-refractivity contribution >= 4 is 0 Å². The molecule has 4 aliphatic rings. The molecular formula is C28H46. The van der Waals surface area contributed by atoms with Gasteiger partial charge in [0.05, 0.1) is 0 Å². The van der Waals surface area contributed by atoms with Crippen molar-refractivity contribution in [2.75, 3.05) is 0 Å². The first-order valence-electron chi connectivity index (χ1n) is 12.4. The predicted molar refractivity (Wildman–Crippen MR) is 122 cm³/mol. The molecule has 4 rings (SSSR count). The van der Waals surface area contributed by atoms with E-state index in [1.165, 1.54) is 64.2 Å². The maximum Gasteiger partial charge on any atom is -0.00568 e. The van der Waals surface area contributed by atoms with Crippen LogP contribution in [0.1, 0.15) is 106 Å². The third kappa shape index (κ3) is 2.68. The van der Waals surface area contributed by atoms with Gasteiger partial charge in [-0.25, -0.2) is 0 Å². The lowest BCUT2D eigenvalue weighted by atomic mass is 9.41. The van der Waals surface area contributed by atoms with E-state index >= 15 is 0 Å². The van der Waals surface area contributed by atoms with Gasteiger partial charge in [-0.3, -0.25) is 0 Å². The van der Waals surface area contributed by atoms with Crippen LogP contribution in [0.2, 0.25) is 0 Å². The molecule has 0 aromatic rings. The Morgan fingerprint density at radius 1 is 1.07 bits per heavy atom. The lowest BCUT2D eigenvalue weighted by Crippen LogP contribution is -2.55. The highest BCUT2D eigenvalue weighted by Gasteiger charge is 2.64. The molecule has 4 aliphatic carbocycles. The molecule has 0 N–H and O–H groups in total. The zero-order chi connectivity index (χ0) is 20.4. The summed E-state index contributed by atoms with van der Waals surface area (Å²) in [6.45, 7) is 19.7. The molecule has 0 aromatic carbocycles. The van der Waals surface area contributed by atoms with Crippen LogP contribution >= 0.6 is 0 Å². The second-order valence-corrected chi connectivity index (χ2v) is 12.6. The first-order chi connectivity index (χ1) is 13.1. The zero-order valence-electron chi connectivity index (χ0n) is 19.7. The Kier molecular flexibility index (Phi) is 5.00. The van der Waals surface area contributed by atoms with E-state index in [4.69, 9.17) is 0 Å². The third-order valence-electron chi connectivity index (χ3n) is 11.2. The van der Waals surface area contributed by atoms with E-state index in [1.807, 2.05) is 5.57 Å². The normalized spacial score (nSPS) is 48.1. The molecule has 0 amide bonds. The number of hydrogen-bond acceptors (Lipinski definition) is 0. The van der Waals surface area contributed by atoms with Crippen molar-refractivity contribution in [2.45, 2.75) is 106 Å².